The molecule has 0 saturated heterocycles. The van der Waals surface area contributed by atoms with E-state index in [1.54, 1.807) is 37.5 Å². The van der Waals surface area contributed by atoms with E-state index in [1.807, 2.05) is 67.6 Å². The number of para-hydroxylation sites is 1. The molecule has 182 valence electrons. The quantitative estimate of drug-likeness (QED) is 0.410. The van der Waals surface area contributed by atoms with Gasteiger partial charge in [0.15, 0.2) is 0 Å². The summed E-state index contributed by atoms with van der Waals surface area (Å²) in [4.78, 5) is 46.3. The van der Waals surface area contributed by atoms with Crippen LogP contribution >= 0.6 is 0 Å². The van der Waals surface area contributed by atoms with Crippen molar-refractivity contribution in [2.75, 3.05) is 35.3 Å². The fraction of sp³-hybridized carbons (Fsp3) is 0.143. The average molecular weight is 482 g/mol. The monoisotopic (exact) mass is 481 g/mol. The number of anilines is 3. The molecule has 2 N–H and O–H groups in total. The second-order valence-corrected chi connectivity index (χ2v) is 8.29. The fourth-order valence-electron chi connectivity index (χ4n) is 3.82. The Bertz CT molecular complexity index is 1390. The molecule has 1 heterocycles. The van der Waals surface area contributed by atoms with Gasteiger partial charge in [-0.2, -0.15) is 0 Å². The van der Waals surface area contributed by atoms with E-state index < -0.39 is 11.9 Å². The number of nitrogens with one attached hydrogen (secondary N) is 2. The number of nitrogens with zero attached hydrogens (tertiary/aromatic N) is 3. The van der Waals surface area contributed by atoms with Gasteiger partial charge in [0.25, 0.3) is 0 Å². The molecule has 0 saturated carbocycles. The van der Waals surface area contributed by atoms with Crippen LogP contribution in [0.5, 0.6) is 0 Å². The average Bonchev–Trinajstić information content (AvgIpc) is 2.90. The number of carbonyl (C=O) groups is 3. The number of benzene rings is 3. The Balaban J connectivity index is 1.55. The molecule has 0 aliphatic rings. The van der Waals surface area contributed by atoms with Crippen molar-refractivity contribution in [2.45, 2.75) is 6.92 Å². The number of carbonyl (C=O) groups excluding carboxylic acids is 3. The maximum atomic E-state index is 13.4. The van der Waals surface area contributed by atoms with E-state index in [2.05, 4.69) is 15.6 Å². The minimum absolute atomic E-state index is 0.209. The Kier molecular flexibility index (Phi) is 7.55. The lowest BCUT2D eigenvalue weighted by atomic mass is 10.1. The molecule has 1 aromatic heterocycles. The maximum absolute atomic E-state index is 13.4. The van der Waals surface area contributed by atoms with Crippen LogP contribution in [-0.2, 0) is 9.59 Å². The first-order chi connectivity index (χ1) is 17.4. The van der Waals surface area contributed by atoms with Crippen LogP contribution in [0, 0.1) is 6.92 Å². The van der Waals surface area contributed by atoms with Gasteiger partial charge in [-0.05, 0) is 61.0 Å². The van der Waals surface area contributed by atoms with Gasteiger partial charge >= 0.3 is 6.03 Å². The summed E-state index contributed by atoms with van der Waals surface area (Å²) in [6, 6.07) is 25.1. The molecular weight excluding hydrogens is 454 g/mol. The van der Waals surface area contributed by atoms with E-state index in [9.17, 15) is 14.4 Å². The molecule has 0 atom stereocenters. The van der Waals surface area contributed by atoms with Gasteiger partial charge in [0, 0.05) is 30.0 Å². The number of rotatable bonds is 7. The summed E-state index contributed by atoms with van der Waals surface area (Å²) in [6.07, 6.45) is 1.67. The van der Waals surface area contributed by atoms with Gasteiger partial charge in [-0.25, -0.2) is 4.79 Å². The first-order valence-electron chi connectivity index (χ1n) is 11.5. The summed E-state index contributed by atoms with van der Waals surface area (Å²) in [5.74, 6) is -0.708. The van der Waals surface area contributed by atoms with E-state index >= 15 is 0 Å². The van der Waals surface area contributed by atoms with E-state index in [-0.39, 0.29) is 19.0 Å². The Hall–Kier alpha value is -4.72. The predicted octanol–water partition coefficient (Wildman–Crippen LogP) is 4.36. The molecular formula is C28H27N5O3. The van der Waals surface area contributed by atoms with Crippen molar-refractivity contribution in [3.05, 3.63) is 96.7 Å². The van der Waals surface area contributed by atoms with Gasteiger partial charge in [0.2, 0.25) is 11.8 Å². The Morgan fingerprint density at radius 1 is 0.861 bits per heavy atom. The highest BCUT2D eigenvalue weighted by Gasteiger charge is 2.24. The van der Waals surface area contributed by atoms with E-state index in [0.717, 1.165) is 10.9 Å². The maximum Gasteiger partial charge on any atom is 0.319 e. The Morgan fingerprint density at radius 3 is 2.42 bits per heavy atom. The second kappa shape index (κ2) is 11.1. The summed E-state index contributed by atoms with van der Waals surface area (Å²) in [6.45, 7) is 1.42. The summed E-state index contributed by atoms with van der Waals surface area (Å²) in [5.41, 5.74) is 3.57. The molecule has 4 amide bonds. The van der Waals surface area contributed by atoms with Crippen LogP contribution in [0.25, 0.3) is 10.9 Å². The molecule has 0 bridgehead atoms. The summed E-state index contributed by atoms with van der Waals surface area (Å²) in [7, 11) is 1.67. The molecule has 0 spiro atoms. The van der Waals surface area contributed by atoms with Crippen LogP contribution in [0.1, 0.15) is 5.56 Å². The molecule has 0 fully saturated rings. The van der Waals surface area contributed by atoms with E-state index in [1.165, 1.54) is 9.80 Å². The van der Waals surface area contributed by atoms with Crippen molar-refractivity contribution >= 4 is 45.8 Å². The second-order valence-electron chi connectivity index (χ2n) is 8.29. The number of amides is 4. The summed E-state index contributed by atoms with van der Waals surface area (Å²) in [5, 5.41) is 6.05. The topological polar surface area (TPSA) is 94.6 Å². The highest BCUT2D eigenvalue weighted by Crippen LogP contribution is 2.26. The molecule has 0 unspecified atom stereocenters. The number of urea groups is 1. The largest absolute Gasteiger partial charge is 0.329 e. The smallest absolute Gasteiger partial charge is 0.319 e. The third kappa shape index (κ3) is 5.85. The van der Waals surface area contributed by atoms with Crippen molar-refractivity contribution in [3.8, 4) is 0 Å². The third-order valence-electron chi connectivity index (χ3n) is 5.70. The van der Waals surface area contributed by atoms with Crippen molar-refractivity contribution in [1.82, 2.24) is 10.3 Å². The van der Waals surface area contributed by atoms with Crippen LogP contribution in [0.4, 0.5) is 21.9 Å². The molecule has 0 radical (unpaired) electrons. The number of hydrogen-bond donors (Lipinski definition) is 2. The van der Waals surface area contributed by atoms with Gasteiger partial charge in [-0.3, -0.25) is 14.6 Å². The summed E-state index contributed by atoms with van der Waals surface area (Å²) < 4.78 is 0. The van der Waals surface area contributed by atoms with Gasteiger partial charge in [0.1, 0.15) is 6.54 Å². The van der Waals surface area contributed by atoms with Crippen molar-refractivity contribution in [2.24, 2.45) is 0 Å². The SMILES string of the molecule is Cc1cccc(NC(=O)NCC(=O)N(CC(=O)N(C)c2ccccc2)c2cccc3ncccc23)c1. The van der Waals surface area contributed by atoms with Crippen LogP contribution in [-0.4, -0.2) is 43.0 Å². The number of pyridine rings is 1. The standard InChI is InChI=1S/C28H27N5O3/c1-20-9-6-10-21(17-20)31-28(36)30-18-26(34)33(19-27(35)32(2)22-11-4-3-5-12-22)25-15-7-14-24-23(25)13-8-16-29-24/h3-17H,18-19H2,1-2H3,(H2,30,31,36). The first kappa shape index (κ1) is 24.4. The van der Waals surface area contributed by atoms with E-state index in [0.29, 0.717) is 22.6 Å². The number of aromatic nitrogens is 1. The molecule has 4 aromatic rings. The van der Waals surface area contributed by atoms with Crippen LogP contribution < -0.4 is 20.4 Å². The fourth-order valence-corrected chi connectivity index (χ4v) is 3.82. The molecule has 0 aliphatic carbocycles. The zero-order valence-corrected chi connectivity index (χ0v) is 20.1. The predicted molar refractivity (Wildman–Crippen MR) is 142 cm³/mol. The molecule has 3 aromatic carbocycles. The first-order valence-corrected chi connectivity index (χ1v) is 11.5. The van der Waals surface area contributed by atoms with Gasteiger partial charge < -0.3 is 20.4 Å². The summed E-state index contributed by atoms with van der Waals surface area (Å²) >= 11 is 0. The lowest BCUT2D eigenvalue weighted by molar-refractivity contribution is -0.121. The molecule has 36 heavy (non-hydrogen) atoms. The zero-order valence-electron chi connectivity index (χ0n) is 20.1. The molecule has 4 rings (SSSR count). The lowest BCUT2D eigenvalue weighted by Gasteiger charge is -2.26. The minimum atomic E-state index is -0.513. The molecule has 8 nitrogen and oxygen atoms in total. The third-order valence-corrected chi connectivity index (χ3v) is 5.70. The molecule has 8 heteroatoms. The van der Waals surface area contributed by atoms with Crippen molar-refractivity contribution < 1.29 is 14.4 Å². The minimum Gasteiger partial charge on any atom is -0.329 e. The van der Waals surface area contributed by atoms with Crippen molar-refractivity contribution in [1.29, 1.82) is 0 Å². The van der Waals surface area contributed by atoms with Crippen LogP contribution in [0.3, 0.4) is 0 Å². The molecule has 0 aliphatic heterocycles. The highest BCUT2D eigenvalue weighted by atomic mass is 16.2. The number of hydrogen-bond acceptors (Lipinski definition) is 4. The van der Waals surface area contributed by atoms with Crippen LogP contribution in [0.2, 0.25) is 0 Å². The lowest BCUT2D eigenvalue weighted by Crippen LogP contribution is -2.46. The van der Waals surface area contributed by atoms with Gasteiger partial charge in [-0.15, -0.1) is 0 Å². The number of aryl methyl sites for hydroxylation is 1. The van der Waals surface area contributed by atoms with Crippen molar-refractivity contribution in [3.63, 3.8) is 0 Å². The van der Waals surface area contributed by atoms with Gasteiger partial charge in [0.05, 0.1) is 17.7 Å². The highest BCUT2D eigenvalue weighted by molar-refractivity contribution is 6.09. The Labute approximate surface area is 209 Å². The Morgan fingerprint density at radius 2 is 1.64 bits per heavy atom. The van der Waals surface area contributed by atoms with E-state index in [4.69, 9.17) is 0 Å². The normalized spacial score (nSPS) is 10.5. The number of fused-ring (bicyclic) bond motifs is 1. The number of likely N-dealkylation sites (N-methyl/N-ethyl adjacent to an activating group) is 1. The van der Waals surface area contributed by atoms with Crippen LogP contribution in [0.15, 0.2) is 91.1 Å². The zero-order chi connectivity index (χ0) is 25.5. The van der Waals surface area contributed by atoms with Gasteiger partial charge in [-0.1, -0.05) is 36.4 Å².